The van der Waals surface area contributed by atoms with Gasteiger partial charge < -0.3 is 14.8 Å². The zero-order chi connectivity index (χ0) is 24.8. The Hall–Kier alpha value is -3.25. The summed E-state index contributed by atoms with van der Waals surface area (Å²) in [5.41, 5.74) is 3.92. The molecule has 1 N–H and O–H groups in total. The Balaban J connectivity index is 1.56. The molecule has 34 heavy (non-hydrogen) atoms. The molecule has 1 amide bonds. The number of nitrogens with zero attached hydrogens (tertiary/aromatic N) is 4. The van der Waals surface area contributed by atoms with Crippen LogP contribution in [0, 0.1) is 27.7 Å². The second-order valence-corrected chi connectivity index (χ2v) is 9.54. The molecule has 10 nitrogen and oxygen atoms in total. The molecule has 0 bridgehead atoms. The number of esters is 2. The Labute approximate surface area is 205 Å². The van der Waals surface area contributed by atoms with Crippen molar-refractivity contribution in [1.29, 1.82) is 0 Å². The van der Waals surface area contributed by atoms with Gasteiger partial charge in [-0.15, -0.1) is 16.4 Å². The first-order valence-electron chi connectivity index (χ1n) is 10.4. The van der Waals surface area contributed by atoms with Gasteiger partial charge in [0.05, 0.1) is 23.6 Å². The van der Waals surface area contributed by atoms with Gasteiger partial charge in [-0.3, -0.25) is 9.59 Å². The molecule has 0 spiro atoms. The third-order valence-electron chi connectivity index (χ3n) is 4.83. The Bertz CT molecular complexity index is 1220. The highest BCUT2D eigenvalue weighted by atomic mass is 32.2. The standard InChI is InChI=1S/C22H25N5O5S2/c1-6-31-21(30)19-14(4)15(5)34-20(19)23-17(28)10-32-18(29)11-33-22-24-25-26-27(22)16-9-12(2)7-8-13(16)3/h7-9H,6,10-11H2,1-5H3,(H,23,28). The van der Waals surface area contributed by atoms with E-state index in [2.05, 4.69) is 20.8 Å². The molecule has 3 aromatic rings. The Kier molecular flexibility index (Phi) is 8.40. The maximum absolute atomic E-state index is 12.3. The number of anilines is 1. The summed E-state index contributed by atoms with van der Waals surface area (Å²) in [5, 5.41) is 15.1. The van der Waals surface area contributed by atoms with E-state index in [4.69, 9.17) is 9.47 Å². The third-order valence-corrected chi connectivity index (χ3v) is 6.85. The molecule has 180 valence electrons. The number of aromatic nitrogens is 4. The number of rotatable bonds is 9. The first-order chi connectivity index (χ1) is 16.2. The van der Waals surface area contributed by atoms with E-state index in [-0.39, 0.29) is 12.4 Å². The minimum absolute atomic E-state index is 0.0796. The lowest BCUT2D eigenvalue weighted by molar-refractivity contribution is -0.144. The molecule has 2 aromatic heterocycles. The Morgan fingerprint density at radius 3 is 2.65 bits per heavy atom. The summed E-state index contributed by atoms with van der Waals surface area (Å²) >= 11 is 2.37. The smallest absolute Gasteiger partial charge is 0.341 e. The van der Waals surface area contributed by atoms with Gasteiger partial charge >= 0.3 is 11.9 Å². The number of thiophene rings is 1. The van der Waals surface area contributed by atoms with Crippen molar-refractivity contribution in [3.63, 3.8) is 0 Å². The molecule has 0 aliphatic carbocycles. The number of thioether (sulfide) groups is 1. The van der Waals surface area contributed by atoms with Gasteiger partial charge in [-0.05, 0) is 67.8 Å². The zero-order valence-corrected chi connectivity index (χ0v) is 21.1. The van der Waals surface area contributed by atoms with Crippen LogP contribution < -0.4 is 5.32 Å². The minimum Gasteiger partial charge on any atom is -0.462 e. The molecule has 0 aliphatic rings. The van der Waals surface area contributed by atoms with E-state index >= 15 is 0 Å². The highest BCUT2D eigenvalue weighted by Gasteiger charge is 2.22. The van der Waals surface area contributed by atoms with Crippen molar-refractivity contribution in [2.45, 2.75) is 39.8 Å². The van der Waals surface area contributed by atoms with Gasteiger partial charge in [0.2, 0.25) is 5.16 Å². The van der Waals surface area contributed by atoms with E-state index in [1.165, 1.54) is 11.3 Å². The van der Waals surface area contributed by atoms with Crippen molar-refractivity contribution in [3.05, 3.63) is 45.3 Å². The maximum Gasteiger partial charge on any atom is 0.341 e. The molecule has 0 unspecified atom stereocenters. The highest BCUT2D eigenvalue weighted by Crippen LogP contribution is 2.33. The third kappa shape index (κ3) is 6.00. The van der Waals surface area contributed by atoms with Gasteiger partial charge in [-0.1, -0.05) is 23.9 Å². The molecule has 1 aromatic carbocycles. The van der Waals surface area contributed by atoms with Crippen LogP contribution in [0.2, 0.25) is 0 Å². The van der Waals surface area contributed by atoms with Crippen LogP contribution in [0.3, 0.4) is 0 Å². The lowest BCUT2D eigenvalue weighted by Gasteiger charge is -2.09. The average molecular weight is 504 g/mol. The van der Waals surface area contributed by atoms with Crippen molar-refractivity contribution < 1.29 is 23.9 Å². The van der Waals surface area contributed by atoms with Crippen molar-refractivity contribution >= 4 is 45.9 Å². The summed E-state index contributed by atoms with van der Waals surface area (Å²) in [6, 6.07) is 5.92. The quantitative estimate of drug-likeness (QED) is 0.345. The summed E-state index contributed by atoms with van der Waals surface area (Å²) < 4.78 is 11.7. The predicted molar refractivity (Wildman–Crippen MR) is 129 cm³/mol. The largest absolute Gasteiger partial charge is 0.462 e. The van der Waals surface area contributed by atoms with Crippen molar-refractivity contribution in [3.8, 4) is 5.69 Å². The van der Waals surface area contributed by atoms with Crippen LogP contribution in [0.1, 0.15) is 38.8 Å². The summed E-state index contributed by atoms with van der Waals surface area (Å²) in [6.07, 6.45) is 0. The van der Waals surface area contributed by atoms with Crippen LogP contribution in [0.4, 0.5) is 5.00 Å². The Morgan fingerprint density at radius 1 is 1.15 bits per heavy atom. The van der Waals surface area contributed by atoms with Crippen LogP contribution in [0.25, 0.3) is 5.69 Å². The van der Waals surface area contributed by atoms with E-state index < -0.39 is 24.5 Å². The topological polar surface area (TPSA) is 125 Å². The molecular formula is C22H25N5O5S2. The van der Waals surface area contributed by atoms with Crippen molar-refractivity contribution in [1.82, 2.24) is 20.2 Å². The SMILES string of the molecule is CCOC(=O)c1c(NC(=O)COC(=O)CSc2nnnn2-c2cc(C)ccc2C)sc(C)c1C. The van der Waals surface area contributed by atoms with E-state index in [0.717, 1.165) is 39.0 Å². The second kappa shape index (κ2) is 11.3. The molecule has 0 fully saturated rings. The number of benzene rings is 1. The second-order valence-electron chi connectivity index (χ2n) is 7.37. The van der Waals surface area contributed by atoms with Crippen LogP contribution in [-0.2, 0) is 19.1 Å². The van der Waals surface area contributed by atoms with Crippen LogP contribution in [-0.4, -0.2) is 57.0 Å². The van der Waals surface area contributed by atoms with E-state index in [0.29, 0.717) is 15.7 Å². The molecule has 0 aliphatic heterocycles. The summed E-state index contributed by atoms with van der Waals surface area (Å²) in [5.74, 6) is -1.73. The van der Waals surface area contributed by atoms with Gasteiger partial charge in [0.25, 0.3) is 5.91 Å². The molecule has 2 heterocycles. The van der Waals surface area contributed by atoms with E-state index in [1.807, 2.05) is 39.0 Å². The fourth-order valence-corrected chi connectivity index (χ4v) is 4.75. The maximum atomic E-state index is 12.3. The van der Waals surface area contributed by atoms with Gasteiger partial charge in [0, 0.05) is 4.88 Å². The summed E-state index contributed by atoms with van der Waals surface area (Å²) in [7, 11) is 0. The number of tetrazole rings is 1. The number of hydrogen-bond acceptors (Lipinski definition) is 10. The number of nitrogens with one attached hydrogen (secondary N) is 1. The predicted octanol–water partition coefficient (Wildman–Crippen LogP) is 3.41. The number of ether oxygens (including phenoxy) is 2. The Morgan fingerprint density at radius 2 is 1.91 bits per heavy atom. The molecule has 3 rings (SSSR count). The van der Waals surface area contributed by atoms with Crippen LogP contribution in [0.5, 0.6) is 0 Å². The molecular weight excluding hydrogens is 478 g/mol. The van der Waals surface area contributed by atoms with Gasteiger partial charge in [0.1, 0.15) is 5.00 Å². The molecule has 0 saturated heterocycles. The average Bonchev–Trinajstić information content (AvgIpc) is 3.36. The monoisotopic (exact) mass is 503 g/mol. The van der Waals surface area contributed by atoms with Crippen LogP contribution >= 0.6 is 23.1 Å². The molecule has 12 heteroatoms. The summed E-state index contributed by atoms with van der Waals surface area (Å²) in [6.45, 7) is 9.00. The zero-order valence-electron chi connectivity index (χ0n) is 19.5. The number of hydrogen-bond donors (Lipinski definition) is 1. The fourth-order valence-electron chi connectivity index (χ4n) is 3.01. The molecule has 0 saturated carbocycles. The lowest BCUT2D eigenvalue weighted by atomic mass is 10.1. The van der Waals surface area contributed by atoms with Gasteiger partial charge in [-0.2, -0.15) is 4.68 Å². The van der Waals surface area contributed by atoms with Crippen molar-refractivity contribution in [2.75, 3.05) is 24.3 Å². The van der Waals surface area contributed by atoms with Crippen molar-refractivity contribution in [2.24, 2.45) is 0 Å². The number of amides is 1. The first-order valence-corrected chi connectivity index (χ1v) is 12.2. The number of carbonyl (C=O) groups is 3. The van der Waals surface area contributed by atoms with Gasteiger partial charge in [0.15, 0.2) is 6.61 Å². The first kappa shape index (κ1) is 25.4. The van der Waals surface area contributed by atoms with E-state index in [1.54, 1.807) is 18.5 Å². The van der Waals surface area contributed by atoms with E-state index in [9.17, 15) is 14.4 Å². The fraction of sp³-hybridized carbons (Fsp3) is 0.364. The summed E-state index contributed by atoms with van der Waals surface area (Å²) in [4.78, 5) is 37.7. The minimum atomic E-state index is -0.597. The normalized spacial score (nSPS) is 10.7. The molecule has 0 radical (unpaired) electrons. The number of aryl methyl sites for hydroxylation is 3. The van der Waals surface area contributed by atoms with Gasteiger partial charge in [-0.25, -0.2) is 4.79 Å². The highest BCUT2D eigenvalue weighted by molar-refractivity contribution is 7.99. The molecule has 0 atom stereocenters. The van der Waals surface area contributed by atoms with Crippen LogP contribution in [0.15, 0.2) is 23.4 Å². The lowest BCUT2D eigenvalue weighted by Crippen LogP contribution is -2.22. The number of carbonyl (C=O) groups excluding carboxylic acids is 3.